The van der Waals surface area contributed by atoms with E-state index in [2.05, 4.69) is 0 Å². The Bertz CT molecular complexity index is 2530. The Balaban J connectivity index is 0.642. The molecule has 32 aliphatic rings. The van der Waals surface area contributed by atoms with Gasteiger partial charge in [0.15, 0.2) is 0 Å². The van der Waals surface area contributed by atoms with Crippen LogP contribution in [0.15, 0.2) is 0 Å². The molecule has 0 N–H and O–H groups in total. The van der Waals surface area contributed by atoms with E-state index < -0.39 is 0 Å². The second-order valence-corrected chi connectivity index (χ2v) is 31.6. The van der Waals surface area contributed by atoms with Crippen molar-refractivity contribution >= 4 is 0 Å². The SMILES string of the molecule is C1C2CC3C4C5C6C7C8C9C%10C%11C%12C%13C%14C%15C%16C%17CC%18CC%19C%20C%21C%22C%23C%24C%25C%26C%27C%28C%29C%30C%31C%32C1C23C%324C%315C%306C%297C%288C%279C%26%10C%25%11C%24%12C%23%13C%22%14C%21%15C%20%16C%18%19%17. The summed E-state index contributed by atoms with van der Waals surface area (Å²) in [6, 6.07) is 0. The average molecular weight is 653 g/mol. The van der Waals surface area contributed by atoms with E-state index in [1.807, 2.05) is 0 Å². The number of hydrogen-bond acceptors (Lipinski definition) is 0. The molecule has 0 nitrogen and oxygen atoms in total. The molecule has 28 unspecified atom stereocenters. The summed E-state index contributed by atoms with van der Waals surface area (Å²) in [5.74, 6) is 43.9. The maximum atomic E-state index is 1.76. The zero-order valence-corrected chi connectivity index (χ0v) is 28.8. The molecule has 0 aliphatic heterocycles. The van der Waals surface area contributed by atoms with E-state index in [0.717, 1.165) is 81.2 Å². The van der Waals surface area contributed by atoms with Gasteiger partial charge >= 0.3 is 0 Å². The first-order chi connectivity index (χ1) is 25.3. The molecule has 0 heterocycles. The lowest BCUT2D eigenvalue weighted by atomic mass is 8.63. The Morgan fingerprint density at radius 2 is 0.333 bits per heavy atom. The maximum Gasteiger partial charge on any atom is -0.00932 e. The minimum absolute atomic E-state index is 1.07. The van der Waals surface area contributed by atoms with Crippen LogP contribution in [-0.2, 0) is 0 Å². The van der Waals surface area contributed by atoms with Crippen molar-refractivity contribution in [1.82, 2.24) is 0 Å². The smallest absolute Gasteiger partial charge is 0.00932 e. The predicted molar refractivity (Wildman–Crippen MR) is 167 cm³/mol. The minimum atomic E-state index is 1.07. The Kier molecular flexibility index (Phi) is 1.24. The quantitative estimate of drug-likeness (QED) is 0.325. The van der Waals surface area contributed by atoms with Gasteiger partial charge in [-0.15, -0.1) is 0 Å². The van der Waals surface area contributed by atoms with Gasteiger partial charge in [-0.25, -0.2) is 0 Å². The van der Waals surface area contributed by atoms with Gasteiger partial charge in [-0.1, -0.05) is 0 Å². The lowest BCUT2D eigenvalue weighted by Crippen LogP contribution is -3.38. The van der Waals surface area contributed by atoms with E-state index in [1.165, 1.54) is 189 Å². The predicted octanol–water partition coefficient (Wildman–Crippen LogP) is 5.50. The van der Waals surface area contributed by atoms with E-state index in [9.17, 15) is 0 Å². The minimum Gasteiger partial charge on any atom is -0.0461 e. The largest absolute Gasteiger partial charge is 0.0461 e. The van der Waals surface area contributed by atoms with Crippen LogP contribution in [0.2, 0.25) is 0 Å². The van der Waals surface area contributed by atoms with Gasteiger partial charge < -0.3 is 0 Å². The van der Waals surface area contributed by atoms with Crippen molar-refractivity contribution in [1.29, 1.82) is 0 Å². The average Bonchev–Trinajstić information content (AvgIpc) is 2.99. The van der Waals surface area contributed by atoms with Crippen LogP contribution in [0.1, 0.15) is 25.7 Å². The summed E-state index contributed by atoms with van der Waals surface area (Å²) in [5.41, 5.74) is 16.4. The zero-order chi connectivity index (χ0) is 28.8. The van der Waals surface area contributed by atoms with E-state index in [4.69, 9.17) is 0 Å². The molecule has 0 amide bonds. The Morgan fingerprint density at radius 3 is 0.510 bits per heavy atom. The Morgan fingerprint density at radius 1 is 0.176 bits per heavy atom. The fourth-order valence-electron chi connectivity index (χ4n) is 47.6. The Labute approximate surface area is 295 Å². The zero-order valence-electron chi connectivity index (χ0n) is 28.8. The topological polar surface area (TPSA) is 0 Å². The van der Waals surface area contributed by atoms with E-state index >= 15 is 0 Å². The van der Waals surface area contributed by atoms with Crippen LogP contribution in [0.5, 0.6) is 0 Å². The first kappa shape index (κ1) is 19.0. The first-order valence-electron chi connectivity index (χ1n) is 25.3. The molecule has 28 atom stereocenters. The lowest BCUT2D eigenvalue weighted by molar-refractivity contribution is -0.948. The van der Waals surface area contributed by atoms with Gasteiger partial charge in [0.1, 0.15) is 0 Å². The summed E-state index contributed by atoms with van der Waals surface area (Å²) in [5, 5.41) is 0. The summed E-state index contributed by atoms with van der Waals surface area (Å²) in [6.07, 6.45) is 7.05. The molecule has 0 aromatic carbocycles. The van der Waals surface area contributed by atoms with Crippen molar-refractivity contribution in [2.45, 2.75) is 25.7 Å². The number of fused-ring (bicyclic) bond motifs is 28. The number of rotatable bonds is 0. The third-order valence-corrected chi connectivity index (χ3v) is 40.3. The Hall–Kier alpha value is 0. The highest BCUT2D eigenvalue weighted by Gasteiger charge is 3.40. The second kappa shape index (κ2) is 3.33. The maximum absolute atomic E-state index is 1.76. The highest BCUT2D eigenvalue weighted by Crippen LogP contribution is 3.42. The molecule has 0 aromatic rings. The second-order valence-electron chi connectivity index (χ2n) is 31.6. The van der Waals surface area contributed by atoms with Gasteiger partial charge in [0.25, 0.3) is 0 Å². The van der Waals surface area contributed by atoms with Gasteiger partial charge in [-0.2, -0.15) is 0 Å². The summed E-state index contributed by atoms with van der Waals surface area (Å²) in [6.45, 7) is 0. The third kappa shape index (κ3) is 0.579. The van der Waals surface area contributed by atoms with Crippen LogP contribution in [0.4, 0.5) is 0 Å². The van der Waals surface area contributed by atoms with Crippen LogP contribution in [-0.4, -0.2) is 0 Å². The highest BCUT2D eigenvalue weighted by atomic mass is 15.4. The summed E-state index contributed by atoms with van der Waals surface area (Å²) >= 11 is 0. The fourth-order valence-corrected chi connectivity index (χ4v) is 47.6. The van der Waals surface area contributed by atoms with Gasteiger partial charge in [0.05, 0.1) is 0 Å². The summed E-state index contributed by atoms with van der Waals surface area (Å²) in [4.78, 5) is 0. The molecule has 15 spiro atoms. The highest BCUT2D eigenvalue weighted by molar-refractivity contribution is 5.86. The van der Waals surface area contributed by atoms with Crippen LogP contribution in [0.25, 0.3) is 0 Å². The molecule has 32 saturated carbocycles. The molecule has 32 rings (SSSR count). The number of hydrogen-bond donors (Lipinski definition) is 0. The lowest BCUT2D eigenvalue weighted by Gasteiger charge is -3.40. The molecule has 0 bridgehead atoms. The first-order valence-corrected chi connectivity index (χ1v) is 25.3. The molecule has 0 radical (unpaired) electrons. The van der Waals surface area contributed by atoms with Crippen LogP contribution >= 0.6 is 0 Å². The van der Waals surface area contributed by atoms with Gasteiger partial charge in [0.2, 0.25) is 0 Å². The van der Waals surface area contributed by atoms with Crippen molar-refractivity contribution in [2.75, 3.05) is 0 Å². The van der Waals surface area contributed by atoms with Gasteiger partial charge in [-0.3, -0.25) is 0 Å². The third-order valence-electron chi connectivity index (χ3n) is 40.3. The standard InChI is InChI=1S/C51H40/c1-5-2-8-12-16-20-24-28-32-36-34-30-26-22-18-14-10-4-6-3-9-13-17-21-25-29-33-35-31-27-23-19-15-11-7(1)37(5,8)39(11,12)41(15,16)43(19,20)45(23,24)47(27,28)49(31,32)51(35,36)50(33,34)48(29,30)46(25,26)44(21,22)42(17,18)40(13,14)38(6,9)10/h5-36H,1-4H2. The van der Waals surface area contributed by atoms with Gasteiger partial charge in [-0.05, 0) is 296 Å². The van der Waals surface area contributed by atoms with Crippen molar-refractivity contribution in [3.63, 3.8) is 0 Å². The molecule has 244 valence electrons. The summed E-state index contributed by atoms with van der Waals surface area (Å²) < 4.78 is 0. The van der Waals surface area contributed by atoms with E-state index in [-0.39, 0.29) is 0 Å². The van der Waals surface area contributed by atoms with E-state index in [1.54, 1.807) is 25.7 Å². The molecule has 32 fully saturated rings. The van der Waals surface area contributed by atoms with Gasteiger partial charge in [0, 0.05) is 0 Å². The molecular formula is C51H40. The molecule has 32 aliphatic carbocycles. The van der Waals surface area contributed by atoms with E-state index in [0.29, 0.717) is 0 Å². The monoisotopic (exact) mass is 652 g/mol. The normalized spacial score (nSPS) is 126. The van der Waals surface area contributed by atoms with Crippen molar-refractivity contribution in [2.24, 2.45) is 271 Å². The van der Waals surface area contributed by atoms with Crippen molar-refractivity contribution in [3.8, 4) is 0 Å². The van der Waals surface area contributed by atoms with Crippen LogP contribution < -0.4 is 0 Å². The molecule has 0 saturated heterocycles. The summed E-state index contributed by atoms with van der Waals surface area (Å²) in [7, 11) is 0. The fraction of sp³-hybridized carbons (Fsp3) is 1.00. The molecular weight excluding hydrogens is 613 g/mol. The van der Waals surface area contributed by atoms with Crippen molar-refractivity contribution < 1.29 is 0 Å². The molecule has 51 heavy (non-hydrogen) atoms. The molecule has 0 heteroatoms. The van der Waals surface area contributed by atoms with Crippen LogP contribution in [0, 0.1) is 271 Å². The molecule has 0 aromatic heterocycles. The van der Waals surface area contributed by atoms with Crippen LogP contribution in [0.3, 0.4) is 0 Å². The van der Waals surface area contributed by atoms with Crippen molar-refractivity contribution in [3.05, 3.63) is 0 Å².